The highest BCUT2D eigenvalue weighted by Gasteiger charge is 2.11. The van der Waals surface area contributed by atoms with E-state index < -0.39 is 5.97 Å². The molecule has 108 valence electrons. The number of aliphatic carboxylic acids is 1. The third-order valence-corrected chi connectivity index (χ3v) is 3.54. The highest BCUT2D eigenvalue weighted by Crippen LogP contribution is 2.20. The molecule has 0 unspecified atom stereocenters. The summed E-state index contributed by atoms with van der Waals surface area (Å²) < 4.78 is 2.23. The van der Waals surface area contributed by atoms with Crippen molar-refractivity contribution in [3.05, 3.63) is 29.6 Å². The lowest BCUT2D eigenvalue weighted by molar-refractivity contribution is -0.137. The van der Waals surface area contributed by atoms with E-state index in [2.05, 4.69) is 36.6 Å². The number of benzene rings is 1. The summed E-state index contributed by atoms with van der Waals surface area (Å²) in [7, 11) is 0. The third-order valence-electron chi connectivity index (χ3n) is 3.54. The number of rotatable bonds is 7. The zero-order chi connectivity index (χ0) is 14.5. The van der Waals surface area contributed by atoms with Gasteiger partial charge in [-0.1, -0.05) is 19.9 Å². The number of fused-ring (bicyclic) bond motifs is 1. The molecule has 20 heavy (non-hydrogen) atoms. The molecule has 1 N–H and O–H groups in total. The van der Waals surface area contributed by atoms with Gasteiger partial charge < -0.3 is 9.67 Å². The van der Waals surface area contributed by atoms with E-state index in [0.29, 0.717) is 6.42 Å². The van der Waals surface area contributed by atoms with Crippen molar-refractivity contribution in [1.29, 1.82) is 0 Å². The number of aromatic nitrogens is 2. The van der Waals surface area contributed by atoms with E-state index in [4.69, 9.17) is 10.1 Å². The van der Waals surface area contributed by atoms with Crippen molar-refractivity contribution in [3.8, 4) is 0 Å². The largest absolute Gasteiger partial charge is 0.481 e. The van der Waals surface area contributed by atoms with Gasteiger partial charge in [0, 0.05) is 19.4 Å². The Balaban J connectivity index is 2.31. The molecule has 0 aliphatic heterocycles. The second-order valence-electron chi connectivity index (χ2n) is 5.10. The molecule has 1 aromatic heterocycles. The summed E-state index contributed by atoms with van der Waals surface area (Å²) in [5, 5.41) is 8.75. The molecule has 1 heterocycles. The fourth-order valence-electron chi connectivity index (χ4n) is 2.51. The molecule has 0 aliphatic carbocycles. The van der Waals surface area contributed by atoms with Crippen LogP contribution in [0.25, 0.3) is 11.0 Å². The van der Waals surface area contributed by atoms with Crippen LogP contribution in [0.4, 0.5) is 0 Å². The molecule has 0 saturated carbocycles. The molecule has 0 spiro atoms. The minimum atomic E-state index is -0.739. The normalized spacial score (nSPS) is 11.1. The first kappa shape index (κ1) is 14.6. The first-order chi connectivity index (χ1) is 9.65. The smallest absolute Gasteiger partial charge is 0.303 e. The number of aryl methyl sites for hydroxylation is 3. The Morgan fingerprint density at radius 2 is 2.15 bits per heavy atom. The topological polar surface area (TPSA) is 55.1 Å². The van der Waals surface area contributed by atoms with Crippen LogP contribution in [0, 0.1) is 0 Å². The van der Waals surface area contributed by atoms with Crippen LogP contribution in [0.1, 0.15) is 44.5 Å². The summed E-state index contributed by atoms with van der Waals surface area (Å²) in [6.45, 7) is 5.22. The summed E-state index contributed by atoms with van der Waals surface area (Å²) in [5.74, 6) is 0.271. The summed E-state index contributed by atoms with van der Waals surface area (Å²) in [5.41, 5.74) is 3.48. The molecule has 4 nitrogen and oxygen atoms in total. The monoisotopic (exact) mass is 274 g/mol. The molecule has 0 amide bonds. The molecule has 4 heteroatoms. The van der Waals surface area contributed by atoms with Crippen LogP contribution in [0.3, 0.4) is 0 Å². The second kappa shape index (κ2) is 6.55. The standard InChI is InChI=1S/C16H22N2O2/c1-3-10-18-14-9-8-12(4-2)11-13(14)17-15(18)6-5-7-16(19)20/h8-9,11H,3-7,10H2,1-2H3,(H,19,20). The van der Waals surface area contributed by atoms with E-state index in [1.54, 1.807) is 0 Å². The molecule has 0 radical (unpaired) electrons. The maximum atomic E-state index is 10.6. The Kier molecular flexibility index (Phi) is 4.77. The zero-order valence-electron chi connectivity index (χ0n) is 12.2. The van der Waals surface area contributed by atoms with Gasteiger partial charge >= 0.3 is 5.97 Å². The van der Waals surface area contributed by atoms with Crippen LogP contribution < -0.4 is 0 Å². The van der Waals surface area contributed by atoms with Crippen molar-refractivity contribution in [3.63, 3.8) is 0 Å². The molecule has 0 bridgehead atoms. The van der Waals surface area contributed by atoms with Gasteiger partial charge in [0.1, 0.15) is 5.82 Å². The maximum absolute atomic E-state index is 10.6. The van der Waals surface area contributed by atoms with E-state index in [0.717, 1.165) is 42.7 Å². The van der Waals surface area contributed by atoms with Crippen molar-refractivity contribution in [2.24, 2.45) is 0 Å². The Hall–Kier alpha value is -1.84. The minimum Gasteiger partial charge on any atom is -0.481 e. The summed E-state index contributed by atoms with van der Waals surface area (Å²) in [6, 6.07) is 6.43. The van der Waals surface area contributed by atoms with Crippen LogP contribution >= 0.6 is 0 Å². The minimum absolute atomic E-state index is 0.204. The van der Waals surface area contributed by atoms with Crippen LogP contribution in [0.2, 0.25) is 0 Å². The van der Waals surface area contributed by atoms with E-state index in [9.17, 15) is 4.79 Å². The third kappa shape index (κ3) is 3.18. The van der Waals surface area contributed by atoms with Crippen LogP contribution in [-0.2, 0) is 24.2 Å². The molecule has 0 fully saturated rings. The number of carboxylic acids is 1. The van der Waals surface area contributed by atoms with Gasteiger partial charge in [-0.25, -0.2) is 4.98 Å². The summed E-state index contributed by atoms with van der Waals surface area (Å²) in [4.78, 5) is 15.3. The van der Waals surface area contributed by atoms with Crippen molar-refractivity contribution in [2.75, 3.05) is 0 Å². The number of carbonyl (C=O) groups is 1. The van der Waals surface area contributed by atoms with E-state index in [1.807, 2.05) is 0 Å². The molecule has 0 saturated heterocycles. The predicted octanol–water partition coefficient (Wildman–Crippen LogP) is 3.42. The lowest BCUT2D eigenvalue weighted by Crippen LogP contribution is -2.05. The number of imidazole rings is 1. The predicted molar refractivity (Wildman–Crippen MR) is 80.0 cm³/mol. The molecular formula is C16H22N2O2. The van der Waals surface area contributed by atoms with Gasteiger partial charge in [0.15, 0.2) is 0 Å². The first-order valence-electron chi connectivity index (χ1n) is 7.35. The van der Waals surface area contributed by atoms with Crippen LogP contribution in [-0.4, -0.2) is 20.6 Å². The lowest BCUT2D eigenvalue weighted by Gasteiger charge is -2.07. The Labute approximate surface area is 119 Å². The number of nitrogens with zero attached hydrogens (tertiary/aromatic N) is 2. The Morgan fingerprint density at radius 3 is 2.80 bits per heavy atom. The molecule has 2 aromatic rings. The highest BCUT2D eigenvalue weighted by atomic mass is 16.4. The molecule has 0 aliphatic rings. The fraction of sp³-hybridized carbons (Fsp3) is 0.500. The van der Waals surface area contributed by atoms with Gasteiger partial charge in [-0.3, -0.25) is 4.79 Å². The average Bonchev–Trinajstić information content (AvgIpc) is 2.76. The second-order valence-corrected chi connectivity index (χ2v) is 5.10. The quantitative estimate of drug-likeness (QED) is 0.841. The van der Waals surface area contributed by atoms with Crippen molar-refractivity contribution < 1.29 is 9.90 Å². The number of hydrogen-bond donors (Lipinski definition) is 1. The van der Waals surface area contributed by atoms with E-state index in [-0.39, 0.29) is 6.42 Å². The van der Waals surface area contributed by atoms with Gasteiger partial charge in [-0.05, 0) is 37.0 Å². The first-order valence-corrected chi connectivity index (χ1v) is 7.35. The summed E-state index contributed by atoms with van der Waals surface area (Å²) >= 11 is 0. The maximum Gasteiger partial charge on any atom is 0.303 e. The van der Waals surface area contributed by atoms with Gasteiger partial charge in [0.05, 0.1) is 11.0 Å². The Bertz CT molecular complexity index is 602. The Morgan fingerprint density at radius 1 is 1.35 bits per heavy atom. The van der Waals surface area contributed by atoms with Gasteiger partial charge in [0.2, 0.25) is 0 Å². The van der Waals surface area contributed by atoms with Gasteiger partial charge in [-0.2, -0.15) is 0 Å². The molecule has 2 rings (SSSR count). The van der Waals surface area contributed by atoms with Crippen LogP contribution in [0.15, 0.2) is 18.2 Å². The highest BCUT2D eigenvalue weighted by molar-refractivity contribution is 5.77. The molecule has 1 aromatic carbocycles. The lowest BCUT2D eigenvalue weighted by atomic mass is 10.1. The SMILES string of the molecule is CCCn1c(CCCC(=O)O)nc2cc(CC)ccc21. The zero-order valence-corrected chi connectivity index (χ0v) is 12.2. The van der Waals surface area contributed by atoms with Crippen molar-refractivity contribution >= 4 is 17.0 Å². The van der Waals surface area contributed by atoms with Crippen molar-refractivity contribution in [1.82, 2.24) is 9.55 Å². The number of hydrogen-bond acceptors (Lipinski definition) is 2. The van der Waals surface area contributed by atoms with Gasteiger partial charge in [-0.15, -0.1) is 0 Å². The van der Waals surface area contributed by atoms with E-state index >= 15 is 0 Å². The average molecular weight is 274 g/mol. The number of carboxylic acid groups (broad SMARTS) is 1. The fourth-order valence-corrected chi connectivity index (χ4v) is 2.51. The van der Waals surface area contributed by atoms with E-state index in [1.165, 1.54) is 5.56 Å². The van der Waals surface area contributed by atoms with Crippen molar-refractivity contribution in [2.45, 2.75) is 52.5 Å². The summed E-state index contributed by atoms with van der Waals surface area (Å²) in [6.07, 6.45) is 3.62. The molecular weight excluding hydrogens is 252 g/mol. The van der Waals surface area contributed by atoms with Gasteiger partial charge in [0.25, 0.3) is 0 Å². The molecule has 0 atom stereocenters. The van der Waals surface area contributed by atoms with Crippen LogP contribution in [0.5, 0.6) is 0 Å².